The zero-order valence-corrected chi connectivity index (χ0v) is 15.9. The zero-order chi connectivity index (χ0) is 17.1. The quantitative estimate of drug-likeness (QED) is 0.612. The molecule has 2 nitrogen and oxygen atoms in total. The van der Waals surface area contributed by atoms with E-state index in [-0.39, 0.29) is 0 Å². The van der Waals surface area contributed by atoms with Gasteiger partial charge in [0.05, 0.1) is 0 Å². The van der Waals surface area contributed by atoms with Gasteiger partial charge in [0.25, 0.3) is 0 Å². The van der Waals surface area contributed by atoms with Gasteiger partial charge in [0.15, 0.2) is 0 Å². The number of rotatable bonds is 4. The van der Waals surface area contributed by atoms with E-state index in [9.17, 15) is 0 Å². The van der Waals surface area contributed by atoms with Gasteiger partial charge < -0.3 is 5.32 Å². The number of piperidine rings is 1. The lowest BCUT2D eigenvalue weighted by atomic mass is 10.0. The van der Waals surface area contributed by atoms with Gasteiger partial charge in [0.1, 0.15) is 0 Å². The molecular formula is C22H23BrN2. The minimum Gasteiger partial charge on any atom is -0.382 e. The molecule has 0 saturated carbocycles. The van der Waals surface area contributed by atoms with Gasteiger partial charge in [-0.15, -0.1) is 0 Å². The van der Waals surface area contributed by atoms with E-state index in [4.69, 9.17) is 0 Å². The summed E-state index contributed by atoms with van der Waals surface area (Å²) in [6, 6.07) is 24.4. The molecule has 1 fully saturated rings. The van der Waals surface area contributed by atoms with Crippen LogP contribution in [-0.2, 0) is 6.54 Å². The maximum atomic E-state index is 3.67. The van der Waals surface area contributed by atoms with Gasteiger partial charge in [-0.1, -0.05) is 58.4 Å². The van der Waals surface area contributed by atoms with E-state index in [0.29, 0.717) is 6.04 Å². The first-order valence-corrected chi connectivity index (χ1v) is 9.78. The van der Waals surface area contributed by atoms with Gasteiger partial charge in [0, 0.05) is 35.8 Å². The highest BCUT2D eigenvalue weighted by Crippen LogP contribution is 2.23. The first-order valence-electron chi connectivity index (χ1n) is 8.99. The lowest BCUT2D eigenvalue weighted by Gasteiger charge is -2.33. The van der Waals surface area contributed by atoms with Crippen LogP contribution in [0.3, 0.4) is 0 Å². The van der Waals surface area contributed by atoms with Gasteiger partial charge in [0.2, 0.25) is 0 Å². The molecule has 0 aliphatic carbocycles. The van der Waals surface area contributed by atoms with Crippen molar-refractivity contribution in [1.29, 1.82) is 0 Å². The second-order valence-corrected chi connectivity index (χ2v) is 7.76. The molecule has 1 N–H and O–H groups in total. The molecule has 0 aromatic heterocycles. The molecule has 1 aliphatic heterocycles. The number of hydrogen-bond acceptors (Lipinski definition) is 2. The highest BCUT2D eigenvalue weighted by atomic mass is 79.9. The smallest absolute Gasteiger partial charge is 0.0343 e. The Morgan fingerprint density at radius 1 is 0.880 bits per heavy atom. The molecular weight excluding hydrogens is 372 g/mol. The molecule has 0 atom stereocenters. The molecule has 0 unspecified atom stereocenters. The fourth-order valence-corrected chi connectivity index (χ4v) is 3.95. The average molecular weight is 395 g/mol. The minimum atomic E-state index is 0.574. The van der Waals surface area contributed by atoms with Crippen LogP contribution in [0, 0.1) is 0 Å². The van der Waals surface area contributed by atoms with Crippen LogP contribution in [0.2, 0.25) is 0 Å². The van der Waals surface area contributed by atoms with Crippen molar-refractivity contribution in [2.45, 2.75) is 25.4 Å². The van der Waals surface area contributed by atoms with Crippen LogP contribution in [0.25, 0.3) is 10.8 Å². The second kappa shape index (κ2) is 7.59. The van der Waals surface area contributed by atoms with Crippen LogP contribution in [0.4, 0.5) is 5.69 Å². The second-order valence-electron chi connectivity index (χ2n) is 6.84. The summed E-state index contributed by atoms with van der Waals surface area (Å²) in [6.45, 7) is 3.35. The van der Waals surface area contributed by atoms with Gasteiger partial charge in [-0.3, -0.25) is 4.90 Å². The molecule has 0 amide bonds. The SMILES string of the molecule is Brc1ccc(NC2CCN(Cc3cccc4ccccc34)CC2)cc1. The van der Waals surface area contributed by atoms with Crippen molar-refractivity contribution in [3.05, 3.63) is 76.8 Å². The molecule has 4 rings (SSSR count). The molecule has 0 spiro atoms. The Hall–Kier alpha value is -1.84. The number of likely N-dealkylation sites (tertiary alicyclic amines) is 1. The minimum absolute atomic E-state index is 0.574. The van der Waals surface area contributed by atoms with Crippen LogP contribution < -0.4 is 5.32 Å². The summed E-state index contributed by atoms with van der Waals surface area (Å²) in [5.41, 5.74) is 2.66. The Labute approximate surface area is 158 Å². The van der Waals surface area contributed by atoms with Crippen LogP contribution in [-0.4, -0.2) is 24.0 Å². The van der Waals surface area contributed by atoms with Gasteiger partial charge in [-0.05, 0) is 53.4 Å². The van der Waals surface area contributed by atoms with Crippen molar-refractivity contribution in [3.63, 3.8) is 0 Å². The summed E-state index contributed by atoms with van der Waals surface area (Å²) in [6.07, 6.45) is 2.39. The van der Waals surface area contributed by atoms with Crippen molar-refractivity contribution in [1.82, 2.24) is 4.90 Å². The summed E-state index contributed by atoms with van der Waals surface area (Å²) in [4.78, 5) is 2.58. The van der Waals surface area contributed by atoms with E-state index >= 15 is 0 Å². The molecule has 128 valence electrons. The number of nitrogens with one attached hydrogen (secondary N) is 1. The monoisotopic (exact) mass is 394 g/mol. The molecule has 3 aromatic rings. The van der Waals surface area contributed by atoms with Gasteiger partial charge in [-0.2, -0.15) is 0 Å². The normalized spacial score (nSPS) is 16.2. The molecule has 1 heterocycles. The third-order valence-electron chi connectivity index (χ3n) is 5.08. The Kier molecular flexibility index (Phi) is 5.04. The van der Waals surface area contributed by atoms with Crippen molar-refractivity contribution in [2.24, 2.45) is 0 Å². The Balaban J connectivity index is 1.36. The van der Waals surface area contributed by atoms with Crippen molar-refractivity contribution in [3.8, 4) is 0 Å². The maximum absolute atomic E-state index is 3.67. The summed E-state index contributed by atoms with van der Waals surface area (Å²) in [5.74, 6) is 0. The predicted octanol–water partition coefficient (Wildman–Crippen LogP) is 5.68. The summed E-state index contributed by atoms with van der Waals surface area (Å²) in [7, 11) is 0. The molecule has 0 bridgehead atoms. The largest absolute Gasteiger partial charge is 0.382 e. The fraction of sp³-hybridized carbons (Fsp3) is 0.273. The third kappa shape index (κ3) is 4.05. The molecule has 1 saturated heterocycles. The Morgan fingerprint density at radius 2 is 1.60 bits per heavy atom. The van der Waals surface area contributed by atoms with Crippen molar-refractivity contribution < 1.29 is 0 Å². The summed E-state index contributed by atoms with van der Waals surface area (Å²) in [5, 5.41) is 6.40. The van der Waals surface area contributed by atoms with Gasteiger partial charge >= 0.3 is 0 Å². The van der Waals surface area contributed by atoms with E-state index in [1.54, 1.807) is 0 Å². The van der Waals surface area contributed by atoms with E-state index in [1.807, 2.05) is 0 Å². The lowest BCUT2D eigenvalue weighted by molar-refractivity contribution is 0.212. The molecule has 25 heavy (non-hydrogen) atoms. The van der Waals surface area contributed by atoms with E-state index < -0.39 is 0 Å². The van der Waals surface area contributed by atoms with Crippen molar-refractivity contribution >= 4 is 32.4 Å². The number of anilines is 1. The highest BCUT2D eigenvalue weighted by molar-refractivity contribution is 9.10. The number of nitrogens with zero attached hydrogens (tertiary/aromatic N) is 1. The maximum Gasteiger partial charge on any atom is 0.0343 e. The number of hydrogen-bond donors (Lipinski definition) is 1. The van der Waals surface area contributed by atoms with E-state index in [1.165, 1.54) is 34.9 Å². The molecule has 3 aromatic carbocycles. The van der Waals surface area contributed by atoms with E-state index in [0.717, 1.165) is 24.1 Å². The van der Waals surface area contributed by atoms with E-state index in [2.05, 4.69) is 92.9 Å². The van der Waals surface area contributed by atoms with Crippen LogP contribution in [0.5, 0.6) is 0 Å². The highest BCUT2D eigenvalue weighted by Gasteiger charge is 2.19. The first kappa shape index (κ1) is 16.6. The van der Waals surface area contributed by atoms with Crippen LogP contribution in [0.15, 0.2) is 71.2 Å². The fourth-order valence-electron chi connectivity index (χ4n) is 3.69. The predicted molar refractivity (Wildman–Crippen MR) is 110 cm³/mol. The third-order valence-corrected chi connectivity index (χ3v) is 5.61. The molecule has 0 radical (unpaired) electrons. The van der Waals surface area contributed by atoms with Gasteiger partial charge in [-0.25, -0.2) is 0 Å². The number of halogens is 1. The standard InChI is InChI=1S/C22H23BrN2/c23-19-8-10-20(11-9-19)24-21-12-14-25(15-13-21)16-18-6-3-5-17-4-1-2-7-22(17)18/h1-11,21,24H,12-16H2. The molecule has 1 aliphatic rings. The zero-order valence-electron chi connectivity index (χ0n) is 14.3. The first-order chi connectivity index (χ1) is 12.3. The molecule has 3 heteroatoms. The Bertz CT molecular complexity index is 831. The number of fused-ring (bicyclic) bond motifs is 1. The Morgan fingerprint density at radius 3 is 2.40 bits per heavy atom. The summed E-state index contributed by atoms with van der Waals surface area (Å²) >= 11 is 3.49. The lowest BCUT2D eigenvalue weighted by Crippen LogP contribution is -2.38. The summed E-state index contributed by atoms with van der Waals surface area (Å²) < 4.78 is 1.13. The van der Waals surface area contributed by atoms with Crippen molar-refractivity contribution in [2.75, 3.05) is 18.4 Å². The van der Waals surface area contributed by atoms with Crippen LogP contribution >= 0.6 is 15.9 Å². The topological polar surface area (TPSA) is 15.3 Å². The van der Waals surface area contributed by atoms with Crippen LogP contribution in [0.1, 0.15) is 18.4 Å². The average Bonchev–Trinajstić information content (AvgIpc) is 2.65. The number of benzene rings is 3.